The minimum Gasteiger partial charge on any atom is -0.299 e. The van der Waals surface area contributed by atoms with Crippen molar-refractivity contribution in [2.45, 2.75) is 19.3 Å². The van der Waals surface area contributed by atoms with Gasteiger partial charge in [-0.1, -0.05) is 6.42 Å². The minimum atomic E-state index is 0.280. The van der Waals surface area contributed by atoms with Gasteiger partial charge in [-0.3, -0.25) is 5.09 Å². The largest absolute Gasteiger partial charge is 0.299 e. The SMILES string of the molecule is CNP1CCCCC1. The van der Waals surface area contributed by atoms with Gasteiger partial charge in [0.1, 0.15) is 0 Å². The highest BCUT2D eigenvalue weighted by Gasteiger charge is 2.08. The molecule has 0 aliphatic carbocycles. The standard InChI is InChI=1S/C6H14NP/c1-7-8-5-3-2-4-6-8/h7H,2-6H2,1H3. The number of rotatable bonds is 1. The van der Waals surface area contributed by atoms with Crippen LogP contribution < -0.4 is 5.09 Å². The van der Waals surface area contributed by atoms with Gasteiger partial charge in [-0.15, -0.1) is 0 Å². The van der Waals surface area contributed by atoms with Crippen molar-refractivity contribution in [1.82, 2.24) is 5.09 Å². The van der Waals surface area contributed by atoms with E-state index in [4.69, 9.17) is 0 Å². The molecule has 0 radical (unpaired) electrons. The highest BCUT2D eigenvalue weighted by atomic mass is 31.1. The Morgan fingerprint density at radius 2 is 1.75 bits per heavy atom. The molecule has 0 unspecified atom stereocenters. The lowest BCUT2D eigenvalue weighted by Gasteiger charge is -2.20. The third-order valence-electron chi connectivity index (χ3n) is 1.67. The van der Waals surface area contributed by atoms with Gasteiger partial charge in [0.05, 0.1) is 0 Å². The van der Waals surface area contributed by atoms with Crippen LogP contribution in [0.15, 0.2) is 0 Å². The second-order valence-electron chi connectivity index (χ2n) is 2.27. The molecule has 0 aromatic heterocycles. The van der Waals surface area contributed by atoms with E-state index in [9.17, 15) is 0 Å². The molecule has 0 bridgehead atoms. The van der Waals surface area contributed by atoms with Gasteiger partial charge in [-0.05, 0) is 40.3 Å². The normalized spacial score (nSPS) is 23.6. The molecular formula is C6H14NP. The predicted molar refractivity (Wildman–Crippen MR) is 39.6 cm³/mol. The maximum atomic E-state index is 3.37. The van der Waals surface area contributed by atoms with Crippen molar-refractivity contribution >= 4 is 8.07 Å². The summed E-state index contributed by atoms with van der Waals surface area (Å²) in [6.07, 6.45) is 7.33. The highest BCUT2D eigenvalue weighted by molar-refractivity contribution is 7.55. The van der Waals surface area contributed by atoms with Crippen LogP contribution in [0.2, 0.25) is 0 Å². The van der Waals surface area contributed by atoms with Crippen molar-refractivity contribution in [1.29, 1.82) is 0 Å². The minimum absolute atomic E-state index is 0.280. The Balaban J connectivity index is 2.13. The summed E-state index contributed by atoms with van der Waals surface area (Å²) in [5.41, 5.74) is 0. The van der Waals surface area contributed by atoms with Crippen LogP contribution in [0.4, 0.5) is 0 Å². The summed E-state index contributed by atoms with van der Waals surface area (Å²) in [4.78, 5) is 0. The zero-order valence-corrected chi connectivity index (χ0v) is 6.38. The smallest absolute Gasteiger partial charge is 0.0125 e. The van der Waals surface area contributed by atoms with Crippen molar-refractivity contribution < 1.29 is 0 Å². The Labute approximate surface area is 52.7 Å². The summed E-state index contributed by atoms with van der Waals surface area (Å²) in [5.74, 6) is 0. The monoisotopic (exact) mass is 131 g/mol. The summed E-state index contributed by atoms with van der Waals surface area (Å²) in [7, 11) is 2.37. The molecule has 0 aromatic rings. The molecule has 0 spiro atoms. The summed E-state index contributed by atoms with van der Waals surface area (Å²) in [6.45, 7) is 0. The van der Waals surface area contributed by atoms with Crippen molar-refractivity contribution in [2.75, 3.05) is 19.4 Å². The molecular weight excluding hydrogens is 117 g/mol. The molecule has 1 heterocycles. The molecule has 0 saturated carbocycles. The zero-order chi connectivity index (χ0) is 5.82. The van der Waals surface area contributed by atoms with Crippen molar-refractivity contribution in [2.24, 2.45) is 0 Å². The fourth-order valence-corrected chi connectivity index (χ4v) is 3.00. The molecule has 0 atom stereocenters. The van der Waals surface area contributed by atoms with Crippen molar-refractivity contribution in [3.63, 3.8) is 0 Å². The molecule has 1 aliphatic rings. The first-order valence-electron chi connectivity index (χ1n) is 3.36. The average molecular weight is 131 g/mol. The molecule has 48 valence electrons. The summed E-state index contributed by atoms with van der Waals surface area (Å²) < 4.78 is 0. The van der Waals surface area contributed by atoms with Gasteiger partial charge in [-0.2, -0.15) is 0 Å². The van der Waals surface area contributed by atoms with Crippen LogP contribution in [0.3, 0.4) is 0 Å². The first-order valence-corrected chi connectivity index (χ1v) is 5.07. The van der Waals surface area contributed by atoms with Gasteiger partial charge < -0.3 is 0 Å². The molecule has 1 fully saturated rings. The van der Waals surface area contributed by atoms with E-state index in [0.717, 1.165) is 0 Å². The lowest BCUT2D eigenvalue weighted by Crippen LogP contribution is -2.09. The van der Waals surface area contributed by atoms with Crippen LogP contribution in [0, 0.1) is 0 Å². The Kier molecular flexibility index (Phi) is 2.78. The Hall–Kier alpha value is 0.390. The number of hydrogen-bond acceptors (Lipinski definition) is 1. The second-order valence-corrected chi connectivity index (χ2v) is 4.69. The number of nitrogens with one attached hydrogen (secondary N) is 1. The molecule has 1 aliphatic heterocycles. The van der Waals surface area contributed by atoms with Gasteiger partial charge in [-0.25, -0.2) is 0 Å². The predicted octanol–water partition coefficient (Wildman–Crippen LogP) is 1.79. The fourth-order valence-electron chi connectivity index (χ4n) is 1.12. The fraction of sp³-hybridized carbons (Fsp3) is 1.00. The molecule has 8 heavy (non-hydrogen) atoms. The third-order valence-corrected chi connectivity index (χ3v) is 4.02. The molecule has 1 N–H and O–H groups in total. The molecule has 1 nitrogen and oxygen atoms in total. The van der Waals surface area contributed by atoms with Gasteiger partial charge in [0.25, 0.3) is 0 Å². The van der Waals surface area contributed by atoms with Crippen LogP contribution >= 0.6 is 8.07 Å². The molecule has 1 saturated heterocycles. The van der Waals surface area contributed by atoms with E-state index >= 15 is 0 Å². The molecule has 0 aromatic carbocycles. The van der Waals surface area contributed by atoms with E-state index in [1.54, 1.807) is 0 Å². The van der Waals surface area contributed by atoms with Crippen molar-refractivity contribution in [3.8, 4) is 0 Å². The Morgan fingerprint density at radius 1 is 1.12 bits per heavy atom. The van der Waals surface area contributed by atoms with Crippen LogP contribution in [0.25, 0.3) is 0 Å². The molecule has 2 heteroatoms. The summed E-state index contributed by atoms with van der Waals surface area (Å²) >= 11 is 0. The van der Waals surface area contributed by atoms with Crippen LogP contribution in [-0.2, 0) is 0 Å². The second kappa shape index (κ2) is 3.42. The first kappa shape index (κ1) is 6.51. The molecule has 0 amide bonds. The molecule has 1 rings (SSSR count). The summed E-state index contributed by atoms with van der Waals surface area (Å²) in [5, 5.41) is 3.37. The van der Waals surface area contributed by atoms with Crippen LogP contribution in [0.5, 0.6) is 0 Å². The number of hydrogen-bond donors (Lipinski definition) is 1. The maximum Gasteiger partial charge on any atom is -0.0125 e. The van der Waals surface area contributed by atoms with E-state index in [2.05, 4.69) is 12.1 Å². The van der Waals surface area contributed by atoms with E-state index in [1.165, 1.54) is 31.6 Å². The zero-order valence-electron chi connectivity index (χ0n) is 5.48. The van der Waals surface area contributed by atoms with Gasteiger partial charge >= 0.3 is 0 Å². The van der Waals surface area contributed by atoms with Crippen molar-refractivity contribution in [3.05, 3.63) is 0 Å². The van der Waals surface area contributed by atoms with Gasteiger partial charge in [0.2, 0.25) is 0 Å². The maximum absolute atomic E-state index is 3.37. The quantitative estimate of drug-likeness (QED) is 0.535. The van der Waals surface area contributed by atoms with Crippen LogP contribution in [0.1, 0.15) is 19.3 Å². The van der Waals surface area contributed by atoms with Gasteiger partial charge in [0.15, 0.2) is 0 Å². The summed E-state index contributed by atoms with van der Waals surface area (Å²) in [6, 6.07) is 0. The van der Waals surface area contributed by atoms with Crippen LogP contribution in [-0.4, -0.2) is 19.4 Å². The Bertz CT molecular complexity index is 59.5. The van der Waals surface area contributed by atoms with E-state index in [1.807, 2.05) is 0 Å². The lowest BCUT2D eigenvalue weighted by atomic mass is 10.3. The van der Waals surface area contributed by atoms with E-state index < -0.39 is 0 Å². The topological polar surface area (TPSA) is 12.0 Å². The first-order chi connectivity index (χ1) is 3.93. The highest BCUT2D eigenvalue weighted by Crippen LogP contribution is 2.36. The lowest BCUT2D eigenvalue weighted by molar-refractivity contribution is 0.747. The van der Waals surface area contributed by atoms with E-state index in [-0.39, 0.29) is 8.07 Å². The van der Waals surface area contributed by atoms with E-state index in [0.29, 0.717) is 0 Å². The van der Waals surface area contributed by atoms with Gasteiger partial charge in [0, 0.05) is 0 Å². The Morgan fingerprint density at radius 3 is 2.12 bits per heavy atom. The average Bonchev–Trinajstić information content (AvgIpc) is 1.90. The third kappa shape index (κ3) is 1.72.